The normalized spacial score (nSPS) is 15.5. The van der Waals surface area contributed by atoms with E-state index in [1.54, 1.807) is 0 Å². The smallest absolute Gasteiger partial charge is 0.173 e. The van der Waals surface area contributed by atoms with Gasteiger partial charge in [0, 0.05) is 29.7 Å². The Balaban J connectivity index is 1.59. The number of nitrogens with zero attached hydrogens (tertiary/aromatic N) is 6. The van der Waals surface area contributed by atoms with E-state index in [1.807, 2.05) is 28.9 Å². The topological polar surface area (TPSA) is 86.4 Å². The van der Waals surface area contributed by atoms with E-state index in [2.05, 4.69) is 76.5 Å². The van der Waals surface area contributed by atoms with Crippen molar-refractivity contribution in [1.29, 1.82) is 5.26 Å². The average Bonchev–Trinajstić information content (AvgIpc) is 3.39. The molecular weight excluding hydrogens is 386 g/mol. The molecule has 3 heterocycles. The van der Waals surface area contributed by atoms with Gasteiger partial charge in [-0.25, -0.2) is 4.68 Å². The van der Waals surface area contributed by atoms with E-state index in [-0.39, 0.29) is 11.6 Å². The monoisotopic (exact) mass is 411 g/mol. The molecule has 5 rings (SSSR count). The number of hydrogen-bond acceptors (Lipinski definition) is 5. The van der Waals surface area contributed by atoms with Gasteiger partial charge in [0.1, 0.15) is 0 Å². The Labute approximate surface area is 181 Å². The summed E-state index contributed by atoms with van der Waals surface area (Å²) in [5.41, 5.74) is 5.32. The number of aromatic nitrogens is 5. The Morgan fingerprint density at radius 2 is 1.87 bits per heavy atom. The zero-order valence-corrected chi connectivity index (χ0v) is 18.0. The van der Waals surface area contributed by atoms with Crippen LogP contribution in [-0.2, 0) is 18.5 Å². The van der Waals surface area contributed by atoms with Crippen molar-refractivity contribution in [3.05, 3.63) is 76.7 Å². The summed E-state index contributed by atoms with van der Waals surface area (Å²) in [6.07, 6.45) is 0.962. The number of H-pyrrole nitrogens is 1. The van der Waals surface area contributed by atoms with E-state index in [9.17, 15) is 5.26 Å². The molecule has 2 aromatic heterocycles. The number of aromatic amines is 1. The molecule has 0 radical (unpaired) electrons. The molecule has 1 aliphatic rings. The number of tetrazole rings is 1. The van der Waals surface area contributed by atoms with E-state index >= 15 is 0 Å². The lowest BCUT2D eigenvalue weighted by Crippen LogP contribution is -2.38. The van der Waals surface area contributed by atoms with Crippen LogP contribution in [0.5, 0.6) is 0 Å². The molecule has 7 heteroatoms. The molecule has 1 N–H and O–H groups in total. The summed E-state index contributed by atoms with van der Waals surface area (Å²) in [6, 6.07) is 18.4. The molecule has 31 heavy (non-hydrogen) atoms. The molecule has 4 aromatic rings. The molecule has 7 nitrogen and oxygen atoms in total. The fourth-order valence-corrected chi connectivity index (χ4v) is 4.54. The Kier molecular flexibility index (Phi) is 4.60. The van der Waals surface area contributed by atoms with Crippen LogP contribution in [0.25, 0.3) is 10.9 Å². The maximum Gasteiger partial charge on any atom is 0.173 e. The van der Waals surface area contributed by atoms with Crippen LogP contribution in [0.4, 0.5) is 0 Å². The van der Waals surface area contributed by atoms with Crippen molar-refractivity contribution in [2.45, 2.75) is 45.3 Å². The molecule has 0 amide bonds. The van der Waals surface area contributed by atoms with E-state index in [1.165, 1.54) is 22.2 Å². The van der Waals surface area contributed by atoms with Gasteiger partial charge in [0.05, 0.1) is 23.2 Å². The summed E-state index contributed by atoms with van der Waals surface area (Å²) in [4.78, 5) is 6.04. The van der Waals surface area contributed by atoms with Crippen LogP contribution in [0.1, 0.15) is 55.0 Å². The van der Waals surface area contributed by atoms with Gasteiger partial charge in [-0.15, -0.1) is 5.10 Å². The van der Waals surface area contributed by atoms with Crippen molar-refractivity contribution in [2.24, 2.45) is 0 Å². The van der Waals surface area contributed by atoms with Gasteiger partial charge in [0.25, 0.3) is 0 Å². The van der Waals surface area contributed by atoms with Crippen LogP contribution in [0.15, 0.2) is 48.5 Å². The third kappa shape index (κ3) is 3.39. The van der Waals surface area contributed by atoms with Gasteiger partial charge in [-0.1, -0.05) is 30.3 Å². The standard InChI is InChI=1S/C24H25N7/c1-24(2,3)31-23(27-28-29-31)22(17-10-8-16(14-25)9-11-17)30-13-12-19-18-6-4-5-7-20(18)26-21(19)15-30/h4-11,22,26H,12-13,15H2,1-3H3. The zero-order chi connectivity index (χ0) is 21.6. The van der Waals surface area contributed by atoms with Crippen LogP contribution >= 0.6 is 0 Å². The van der Waals surface area contributed by atoms with Crippen LogP contribution < -0.4 is 0 Å². The molecule has 1 aliphatic heterocycles. The number of fused-ring (bicyclic) bond motifs is 3. The van der Waals surface area contributed by atoms with Crippen LogP contribution in [0.2, 0.25) is 0 Å². The highest BCUT2D eigenvalue weighted by Crippen LogP contribution is 2.35. The summed E-state index contributed by atoms with van der Waals surface area (Å²) in [5, 5.41) is 23.3. The van der Waals surface area contributed by atoms with Gasteiger partial charge in [0.2, 0.25) is 0 Å². The highest BCUT2D eigenvalue weighted by Gasteiger charge is 2.34. The lowest BCUT2D eigenvalue weighted by atomic mass is 9.97. The van der Waals surface area contributed by atoms with Gasteiger partial charge in [-0.2, -0.15) is 5.26 Å². The number of para-hydroxylation sites is 1. The van der Waals surface area contributed by atoms with Crippen molar-refractivity contribution in [3.8, 4) is 6.07 Å². The summed E-state index contributed by atoms with van der Waals surface area (Å²) < 4.78 is 1.91. The molecule has 156 valence electrons. The van der Waals surface area contributed by atoms with Crippen molar-refractivity contribution < 1.29 is 0 Å². The maximum absolute atomic E-state index is 9.23. The zero-order valence-electron chi connectivity index (χ0n) is 18.0. The lowest BCUT2D eigenvalue weighted by molar-refractivity contribution is 0.184. The Bertz CT molecular complexity index is 1270. The van der Waals surface area contributed by atoms with Crippen LogP contribution in [0.3, 0.4) is 0 Å². The van der Waals surface area contributed by atoms with E-state index in [0.717, 1.165) is 30.9 Å². The third-order valence-electron chi connectivity index (χ3n) is 6.01. The Morgan fingerprint density at radius 3 is 2.61 bits per heavy atom. The first-order valence-electron chi connectivity index (χ1n) is 10.6. The first kappa shape index (κ1) is 19.5. The van der Waals surface area contributed by atoms with Crippen molar-refractivity contribution >= 4 is 10.9 Å². The second-order valence-corrected chi connectivity index (χ2v) is 9.10. The van der Waals surface area contributed by atoms with Crippen molar-refractivity contribution in [1.82, 2.24) is 30.1 Å². The maximum atomic E-state index is 9.23. The number of nitrogens with one attached hydrogen (secondary N) is 1. The van der Waals surface area contributed by atoms with Crippen molar-refractivity contribution in [3.63, 3.8) is 0 Å². The Hall–Kier alpha value is -3.50. The van der Waals surface area contributed by atoms with Gasteiger partial charge in [0.15, 0.2) is 5.82 Å². The summed E-state index contributed by atoms with van der Waals surface area (Å²) in [7, 11) is 0. The van der Waals surface area contributed by atoms with Gasteiger partial charge in [-0.3, -0.25) is 4.90 Å². The van der Waals surface area contributed by atoms with E-state index < -0.39 is 0 Å². The molecule has 0 aliphatic carbocycles. The Morgan fingerprint density at radius 1 is 1.10 bits per heavy atom. The highest BCUT2D eigenvalue weighted by molar-refractivity contribution is 5.84. The minimum absolute atomic E-state index is 0.110. The molecule has 1 unspecified atom stereocenters. The van der Waals surface area contributed by atoms with Crippen molar-refractivity contribution in [2.75, 3.05) is 6.54 Å². The number of nitriles is 1. The molecule has 0 saturated carbocycles. The van der Waals surface area contributed by atoms with E-state index in [0.29, 0.717) is 5.56 Å². The predicted molar refractivity (Wildman–Crippen MR) is 118 cm³/mol. The molecule has 0 bridgehead atoms. The second-order valence-electron chi connectivity index (χ2n) is 9.10. The fraction of sp³-hybridized carbons (Fsp3) is 0.333. The first-order valence-corrected chi connectivity index (χ1v) is 10.6. The van der Waals surface area contributed by atoms with Gasteiger partial charge < -0.3 is 4.98 Å². The molecule has 0 spiro atoms. The molecule has 2 aromatic carbocycles. The quantitative estimate of drug-likeness (QED) is 0.552. The predicted octanol–water partition coefficient (Wildman–Crippen LogP) is 3.93. The second kappa shape index (κ2) is 7.33. The van der Waals surface area contributed by atoms with Gasteiger partial charge >= 0.3 is 0 Å². The third-order valence-corrected chi connectivity index (χ3v) is 6.01. The minimum atomic E-state index is -0.244. The largest absolute Gasteiger partial charge is 0.357 e. The summed E-state index contributed by atoms with van der Waals surface area (Å²) >= 11 is 0. The molecule has 0 saturated heterocycles. The molecule has 0 fully saturated rings. The van der Waals surface area contributed by atoms with E-state index in [4.69, 9.17) is 0 Å². The molecular formula is C24H25N7. The average molecular weight is 412 g/mol. The summed E-state index contributed by atoms with van der Waals surface area (Å²) in [5.74, 6) is 0.816. The lowest BCUT2D eigenvalue weighted by Gasteiger charge is -2.35. The van der Waals surface area contributed by atoms with Crippen LogP contribution in [0, 0.1) is 11.3 Å². The van der Waals surface area contributed by atoms with Crippen LogP contribution in [-0.4, -0.2) is 36.6 Å². The highest BCUT2D eigenvalue weighted by atomic mass is 15.6. The number of benzene rings is 2. The summed E-state index contributed by atoms with van der Waals surface area (Å²) in [6.45, 7) is 8.00. The SMILES string of the molecule is CC(C)(C)n1nnnc1C(c1ccc(C#N)cc1)N1CCc2c([nH]c3ccccc23)C1. The number of hydrogen-bond donors (Lipinski definition) is 1. The minimum Gasteiger partial charge on any atom is -0.357 e. The first-order chi connectivity index (χ1) is 15.0. The molecule has 1 atom stereocenters. The number of rotatable bonds is 3. The van der Waals surface area contributed by atoms with Gasteiger partial charge in [-0.05, 0) is 66.9 Å². The fourth-order valence-electron chi connectivity index (χ4n) is 4.54.